The number of rotatable bonds is 2. The molecule has 0 atom stereocenters. The van der Waals surface area contributed by atoms with Gasteiger partial charge in [0.2, 0.25) is 0 Å². The maximum atomic E-state index is 13.7. The molecule has 5 heteroatoms. The highest BCUT2D eigenvalue weighted by Crippen LogP contribution is 2.23. The van der Waals surface area contributed by atoms with Gasteiger partial charge in [-0.15, -0.1) is 0 Å². The van der Waals surface area contributed by atoms with E-state index in [-0.39, 0.29) is 5.56 Å². The van der Waals surface area contributed by atoms with Crippen molar-refractivity contribution in [3.63, 3.8) is 0 Å². The summed E-state index contributed by atoms with van der Waals surface area (Å²) in [4.78, 5) is 2.09. The van der Waals surface area contributed by atoms with E-state index in [1.165, 1.54) is 12.1 Å². The second-order valence-corrected chi connectivity index (χ2v) is 5.79. The van der Waals surface area contributed by atoms with Crippen molar-refractivity contribution in [1.29, 1.82) is 0 Å². The molecule has 2 rings (SSSR count). The minimum atomic E-state index is -0.474. The molecule has 0 N–H and O–H groups in total. The van der Waals surface area contributed by atoms with Crippen molar-refractivity contribution in [1.82, 2.24) is 4.90 Å². The highest BCUT2D eigenvalue weighted by atomic mass is 79.9. The first-order valence-corrected chi connectivity index (χ1v) is 7.05. The molecule has 16 heavy (non-hydrogen) atoms. The molecule has 1 aliphatic heterocycles. The van der Waals surface area contributed by atoms with Crippen LogP contribution in [-0.2, 0) is 6.54 Å². The van der Waals surface area contributed by atoms with E-state index in [1.807, 2.05) is 11.8 Å². The molecule has 1 heterocycles. The minimum absolute atomic E-state index is 0.168. The summed E-state index contributed by atoms with van der Waals surface area (Å²) in [5, 5.41) is 0. The Morgan fingerprint density at radius 3 is 2.62 bits per heavy atom. The lowest BCUT2D eigenvalue weighted by molar-refractivity contribution is 0.284. The van der Waals surface area contributed by atoms with Crippen LogP contribution < -0.4 is 0 Å². The predicted molar refractivity (Wildman–Crippen MR) is 66.7 cm³/mol. The Morgan fingerprint density at radius 2 is 1.94 bits per heavy atom. The molecule has 1 fully saturated rings. The molecule has 0 saturated carbocycles. The molecule has 1 aromatic carbocycles. The van der Waals surface area contributed by atoms with Crippen LogP contribution in [0.3, 0.4) is 0 Å². The van der Waals surface area contributed by atoms with E-state index in [1.54, 1.807) is 0 Å². The van der Waals surface area contributed by atoms with Gasteiger partial charge >= 0.3 is 0 Å². The number of nitrogens with zero attached hydrogens (tertiary/aromatic N) is 1. The fourth-order valence-electron chi connectivity index (χ4n) is 1.70. The molecule has 1 nitrogen and oxygen atoms in total. The minimum Gasteiger partial charge on any atom is -0.297 e. The predicted octanol–water partition coefficient (Wildman–Crippen LogP) is 3.28. The topological polar surface area (TPSA) is 3.24 Å². The Labute approximate surface area is 106 Å². The molecule has 1 aromatic rings. The largest absolute Gasteiger partial charge is 0.297 e. The summed E-state index contributed by atoms with van der Waals surface area (Å²) in [5.41, 5.74) is 0.168. The van der Waals surface area contributed by atoms with Crippen molar-refractivity contribution >= 4 is 27.7 Å². The number of hydrogen-bond donors (Lipinski definition) is 0. The Morgan fingerprint density at radius 1 is 1.25 bits per heavy atom. The second kappa shape index (κ2) is 5.47. The van der Waals surface area contributed by atoms with Crippen LogP contribution >= 0.6 is 27.7 Å². The van der Waals surface area contributed by atoms with Gasteiger partial charge in [-0.2, -0.15) is 11.8 Å². The fourth-order valence-corrected chi connectivity index (χ4v) is 3.05. The Balaban J connectivity index is 2.16. The SMILES string of the molecule is Fc1ccc(Br)c(F)c1CN1CCSCC1. The third-order valence-electron chi connectivity index (χ3n) is 2.62. The maximum absolute atomic E-state index is 13.7. The van der Waals surface area contributed by atoms with Gasteiger partial charge < -0.3 is 0 Å². The summed E-state index contributed by atoms with van der Waals surface area (Å²) in [5.74, 6) is 1.14. The van der Waals surface area contributed by atoms with E-state index in [9.17, 15) is 8.78 Å². The van der Waals surface area contributed by atoms with Crippen molar-refractivity contribution in [2.45, 2.75) is 6.54 Å². The van der Waals surface area contributed by atoms with Crippen molar-refractivity contribution in [2.24, 2.45) is 0 Å². The van der Waals surface area contributed by atoms with Gasteiger partial charge in [-0.1, -0.05) is 0 Å². The lowest BCUT2D eigenvalue weighted by Crippen LogP contribution is -2.32. The molecule has 0 aromatic heterocycles. The number of benzene rings is 1. The summed E-state index contributed by atoms with van der Waals surface area (Å²) in [7, 11) is 0. The van der Waals surface area contributed by atoms with E-state index in [2.05, 4.69) is 20.8 Å². The zero-order valence-corrected chi connectivity index (χ0v) is 11.1. The van der Waals surface area contributed by atoms with Crippen LogP contribution in [0.1, 0.15) is 5.56 Å². The van der Waals surface area contributed by atoms with E-state index < -0.39 is 11.6 Å². The summed E-state index contributed by atoms with van der Waals surface area (Å²) in [6.45, 7) is 2.16. The maximum Gasteiger partial charge on any atom is 0.144 e. The van der Waals surface area contributed by atoms with Crippen molar-refractivity contribution < 1.29 is 8.78 Å². The number of halogens is 3. The van der Waals surface area contributed by atoms with Gasteiger partial charge in [0.15, 0.2) is 0 Å². The Kier molecular flexibility index (Phi) is 4.21. The van der Waals surface area contributed by atoms with Gasteiger partial charge in [0.25, 0.3) is 0 Å². The molecular formula is C11H12BrF2NS. The van der Waals surface area contributed by atoms with E-state index >= 15 is 0 Å². The lowest BCUT2D eigenvalue weighted by Gasteiger charge is -2.26. The van der Waals surface area contributed by atoms with E-state index in [0.29, 0.717) is 11.0 Å². The molecule has 0 radical (unpaired) electrons. The summed E-state index contributed by atoms with van der Waals surface area (Å²) >= 11 is 4.96. The van der Waals surface area contributed by atoms with Crippen molar-refractivity contribution in [3.05, 3.63) is 33.8 Å². The molecule has 1 saturated heterocycles. The standard InChI is InChI=1S/C11H12BrF2NS/c12-9-1-2-10(13)8(11(9)14)7-15-3-5-16-6-4-15/h1-2H,3-7H2. The zero-order chi connectivity index (χ0) is 11.5. The van der Waals surface area contributed by atoms with Crippen LogP contribution in [0.5, 0.6) is 0 Å². The smallest absolute Gasteiger partial charge is 0.144 e. The molecule has 0 bridgehead atoms. The first-order chi connectivity index (χ1) is 7.68. The van der Waals surface area contributed by atoms with E-state index in [4.69, 9.17) is 0 Å². The van der Waals surface area contributed by atoms with Gasteiger partial charge in [0.05, 0.1) is 4.47 Å². The summed E-state index contributed by atoms with van der Waals surface area (Å²) in [6.07, 6.45) is 0. The summed E-state index contributed by atoms with van der Waals surface area (Å²) in [6, 6.07) is 2.71. The molecule has 1 aliphatic rings. The van der Waals surface area contributed by atoms with E-state index in [0.717, 1.165) is 24.6 Å². The van der Waals surface area contributed by atoms with Crippen LogP contribution in [0.25, 0.3) is 0 Å². The molecule has 88 valence electrons. The van der Waals surface area contributed by atoms with Crippen LogP contribution in [0.15, 0.2) is 16.6 Å². The average molecular weight is 308 g/mol. The highest BCUT2D eigenvalue weighted by Gasteiger charge is 2.17. The fraction of sp³-hybridized carbons (Fsp3) is 0.455. The molecular weight excluding hydrogens is 296 g/mol. The molecule has 0 amide bonds. The van der Waals surface area contributed by atoms with Crippen molar-refractivity contribution in [2.75, 3.05) is 24.6 Å². The zero-order valence-electron chi connectivity index (χ0n) is 8.68. The van der Waals surface area contributed by atoms with Crippen LogP contribution in [-0.4, -0.2) is 29.5 Å². The normalized spacial score (nSPS) is 17.7. The molecule has 0 aliphatic carbocycles. The van der Waals surface area contributed by atoms with Crippen LogP contribution in [0.2, 0.25) is 0 Å². The van der Waals surface area contributed by atoms with Gasteiger partial charge in [0, 0.05) is 36.7 Å². The average Bonchev–Trinajstić information content (AvgIpc) is 2.31. The second-order valence-electron chi connectivity index (χ2n) is 3.71. The number of thioether (sulfide) groups is 1. The highest BCUT2D eigenvalue weighted by molar-refractivity contribution is 9.10. The monoisotopic (exact) mass is 307 g/mol. The molecule has 0 spiro atoms. The first kappa shape index (κ1) is 12.3. The van der Waals surface area contributed by atoms with Gasteiger partial charge in [-0.25, -0.2) is 8.78 Å². The molecule has 0 unspecified atom stereocenters. The van der Waals surface area contributed by atoms with Crippen LogP contribution in [0.4, 0.5) is 8.78 Å². The first-order valence-electron chi connectivity index (χ1n) is 5.11. The lowest BCUT2D eigenvalue weighted by atomic mass is 10.2. The Hall–Kier alpha value is -0.130. The summed E-state index contributed by atoms with van der Waals surface area (Å²) < 4.78 is 27.5. The number of hydrogen-bond acceptors (Lipinski definition) is 2. The third-order valence-corrected chi connectivity index (χ3v) is 4.18. The quantitative estimate of drug-likeness (QED) is 0.772. The van der Waals surface area contributed by atoms with Gasteiger partial charge in [0.1, 0.15) is 11.6 Å². The van der Waals surface area contributed by atoms with Crippen molar-refractivity contribution in [3.8, 4) is 0 Å². The third kappa shape index (κ3) is 2.76. The van der Waals surface area contributed by atoms with Gasteiger partial charge in [-0.3, -0.25) is 4.90 Å². The Bertz CT molecular complexity index is 380. The van der Waals surface area contributed by atoms with Gasteiger partial charge in [-0.05, 0) is 28.1 Å². The van der Waals surface area contributed by atoms with Crippen LogP contribution in [0, 0.1) is 11.6 Å².